The molecule has 86 valence electrons. The summed E-state index contributed by atoms with van der Waals surface area (Å²) in [7, 11) is 0. The van der Waals surface area contributed by atoms with Crippen molar-refractivity contribution in [3.8, 4) is 0 Å². The van der Waals surface area contributed by atoms with Gasteiger partial charge in [0.15, 0.2) is 0 Å². The lowest BCUT2D eigenvalue weighted by Gasteiger charge is -2.04. The number of ether oxygens (including phenoxy) is 1. The van der Waals surface area contributed by atoms with E-state index < -0.39 is 6.10 Å². The summed E-state index contributed by atoms with van der Waals surface area (Å²) in [5, 5.41) is 9.52. The molecular weight excluding hydrogens is 204 g/mol. The monoisotopic (exact) mass is 220 g/mol. The van der Waals surface area contributed by atoms with Gasteiger partial charge in [0.25, 0.3) is 0 Å². The van der Waals surface area contributed by atoms with Crippen LogP contribution in [0.3, 0.4) is 0 Å². The second-order valence-corrected chi connectivity index (χ2v) is 3.35. The van der Waals surface area contributed by atoms with Crippen LogP contribution in [0.25, 0.3) is 6.08 Å². The average Bonchev–Trinajstić information content (AvgIpc) is 2.28. The van der Waals surface area contributed by atoms with Gasteiger partial charge in [0.2, 0.25) is 0 Å². The fraction of sp³-hybridized carbons (Fsp3) is 0.308. The number of carbonyl (C=O) groups is 1. The van der Waals surface area contributed by atoms with Gasteiger partial charge in [-0.25, -0.2) is 0 Å². The second kappa shape index (κ2) is 6.80. The molecule has 0 saturated heterocycles. The van der Waals surface area contributed by atoms with Gasteiger partial charge in [-0.15, -0.1) is 0 Å². The molecule has 0 spiro atoms. The van der Waals surface area contributed by atoms with E-state index in [4.69, 9.17) is 4.74 Å². The van der Waals surface area contributed by atoms with Crippen LogP contribution in [0, 0.1) is 0 Å². The Morgan fingerprint density at radius 1 is 1.44 bits per heavy atom. The van der Waals surface area contributed by atoms with Crippen LogP contribution in [0.2, 0.25) is 0 Å². The summed E-state index contributed by atoms with van der Waals surface area (Å²) < 4.78 is 4.73. The van der Waals surface area contributed by atoms with Crippen LogP contribution in [0.5, 0.6) is 0 Å². The summed E-state index contributed by atoms with van der Waals surface area (Å²) >= 11 is 0. The number of carbonyl (C=O) groups excluding carboxylic acids is 1. The number of rotatable bonds is 5. The van der Waals surface area contributed by atoms with Crippen molar-refractivity contribution in [2.75, 3.05) is 6.61 Å². The Bertz CT molecular complexity index is 343. The fourth-order valence-corrected chi connectivity index (χ4v) is 1.25. The van der Waals surface area contributed by atoms with Crippen molar-refractivity contribution in [1.82, 2.24) is 0 Å². The number of hydrogen-bond acceptors (Lipinski definition) is 3. The number of benzene rings is 1. The Morgan fingerprint density at radius 2 is 2.12 bits per heavy atom. The van der Waals surface area contributed by atoms with Crippen LogP contribution in [-0.2, 0) is 9.53 Å². The summed E-state index contributed by atoms with van der Waals surface area (Å²) in [6.07, 6.45) is 2.58. The van der Waals surface area contributed by atoms with Gasteiger partial charge < -0.3 is 9.84 Å². The number of aliphatic hydroxyl groups is 1. The maximum atomic E-state index is 11.0. The minimum absolute atomic E-state index is 0.00280. The summed E-state index contributed by atoms with van der Waals surface area (Å²) in [4.78, 5) is 11.0. The van der Waals surface area contributed by atoms with Crippen LogP contribution in [0.1, 0.15) is 18.9 Å². The zero-order valence-corrected chi connectivity index (χ0v) is 9.30. The molecule has 1 aromatic rings. The SMILES string of the molecule is CCOC(=O)C[C@@H](O)/C=C/c1ccccc1. The molecule has 0 bridgehead atoms. The molecule has 3 nitrogen and oxygen atoms in total. The van der Waals surface area contributed by atoms with E-state index in [1.165, 1.54) is 0 Å². The molecule has 16 heavy (non-hydrogen) atoms. The number of hydrogen-bond donors (Lipinski definition) is 1. The molecule has 1 atom stereocenters. The zero-order valence-electron chi connectivity index (χ0n) is 9.30. The highest BCUT2D eigenvalue weighted by molar-refractivity contribution is 5.70. The van der Waals surface area contributed by atoms with Gasteiger partial charge in [0.05, 0.1) is 19.1 Å². The standard InChI is InChI=1S/C13H16O3/c1-2-16-13(15)10-12(14)9-8-11-6-4-3-5-7-11/h3-9,12,14H,2,10H2,1H3/b9-8+/t12-/m0/s1. The normalized spacial score (nSPS) is 12.6. The third-order valence-corrected chi connectivity index (χ3v) is 1.99. The van der Waals surface area contributed by atoms with Gasteiger partial charge >= 0.3 is 5.97 Å². The summed E-state index contributed by atoms with van der Waals surface area (Å²) in [6, 6.07) is 9.60. The van der Waals surface area contributed by atoms with Crippen LogP contribution < -0.4 is 0 Å². The highest BCUT2D eigenvalue weighted by Gasteiger charge is 2.07. The molecule has 0 fully saturated rings. The first-order valence-electron chi connectivity index (χ1n) is 5.29. The molecule has 1 aromatic carbocycles. The Balaban J connectivity index is 2.42. The van der Waals surface area contributed by atoms with Crippen LogP contribution in [-0.4, -0.2) is 23.8 Å². The molecule has 0 aliphatic rings. The van der Waals surface area contributed by atoms with Crippen LogP contribution in [0.15, 0.2) is 36.4 Å². The van der Waals surface area contributed by atoms with E-state index in [1.54, 1.807) is 19.1 Å². The molecule has 0 aromatic heterocycles. The van der Waals surface area contributed by atoms with Gasteiger partial charge in [-0.1, -0.05) is 42.5 Å². The molecule has 0 unspecified atom stereocenters. The fourth-order valence-electron chi connectivity index (χ4n) is 1.25. The van der Waals surface area contributed by atoms with Crippen molar-refractivity contribution < 1.29 is 14.6 Å². The van der Waals surface area contributed by atoms with Crippen molar-refractivity contribution in [3.05, 3.63) is 42.0 Å². The average molecular weight is 220 g/mol. The molecule has 0 aliphatic heterocycles. The Morgan fingerprint density at radius 3 is 2.75 bits per heavy atom. The molecule has 1 N–H and O–H groups in total. The number of aliphatic hydroxyl groups excluding tert-OH is 1. The van der Waals surface area contributed by atoms with E-state index in [1.807, 2.05) is 30.3 Å². The minimum atomic E-state index is -0.792. The summed E-state index contributed by atoms with van der Waals surface area (Å²) in [5.41, 5.74) is 0.991. The van der Waals surface area contributed by atoms with Crippen LogP contribution in [0.4, 0.5) is 0 Å². The Labute approximate surface area is 95.4 Å². The summed E-state index contributed by atoms with van der Waals surface area (Å²) in [6.45, 7) is 2.08. The first kappa shape index (κ1) is 12.5. The largest absolute Gasteiger partial charge is 0.466 e. The molecule has 1 rings (SSSR count). The van der Waals surface area contributed by atoms with E-state index >= 15 is 0 Å². The topological polar surface area (TPSA) is 46.5 Å². The second-order valence-electron chi connectivity index (χ2n) is 3.35. The predicted molar refractivity (Wildman–Crippen MR) is 62.7 cm³/mol. The van der Waals surface area contributed by atoms with E-state index in [2.05, 4.69) is 0 Å². The molecule has 0 amide bonds. The molecule has 0 heterocycles. The van der Waals surface area contributed by atoms with Gasteiger partial charge in [-0.3, -0.25) is 4.79 Å². The summed E-state index contributed by atoms with van der Waals surface area (Å²) in [5.74, 6) is -0.382. The molecule has 0 saturated carbocycles. The van der Waals surface area contributed by atoms with Crippen molar-refractivity contribution in [2.24, 2.45) is 0 Å². The maximum Gasteiger partial charge on any atom is 0.308 e. The zero-order chi connectivity index (χ0) is 11.8. The maximum absolute atomic E-state index is 11.0. The van der Waals surface area contributed by atoms with Crippen molar-refractivity contribution in [2.45, 2.75) is 19.4 Å². The third-order valence-electron chi connectivity index (χ3n) is 1.99. The Hall–Kier alpha value is -1.61. The third kappa shape index (κ3) is 4.75. The van der Waals surface area contributed by atoms with E-state index in [-0.39, 0.29) is 12.4 Å². The lowest BCUT2D eigenvalue weighted by molar-refractivity contribution is -0.144. The molecular formula is C13H16O3. The predicted octanol–water partition coefficient (Wildman–Crippen LogP) is 2.01. The first-order chi connectivity index (χ1) is 7.72. The molecule has 3 heteroatoms. The lowest BCUT2D eigenvalue weighted by Crippen LogP contribution is -2.13. The Kier molecular flexibility index (Phi) is 5.29. The van der Waals surface area contributed by atoms with Gasteiger partial charge in [-0.2, -0.15) is 0 Å². The van der Waals surface area contributed by atoms with E-state index in [0.29, 0.717) is 6.61 Å². The smallest absolute Gasteiger partial charge is 0.308 e. The van der Waals surface area contributed by atoms with E-state index in [9.17, 15) is 9.90 Å². The van der Waals surface area contributed by atoms with Crippen molar-refractivity contribution >= 4 is 12.0 Å². The van der Waals surface area contributed by atoms with E-state index in [0.717, 1.165) is 5.56 Å². The first-order valence-corrected chi connectivity index (χ1v) is 5.29. The molecule has 0 aliphatic carbocycles. The lowest BCUT2D eigenvalue weighted by atomic mass is 10.1. The minimum Gasteiger partial charge on any atom is -0.466 e. The quantitative estimate of drug-likeness (QED) is 0.772. The van der Waals surface area contributed by atoms with Crippen molar-refractivity contribution in [1.29, 1.82) is 0 Å². The number of esters is 1. The highest BCUT2D eigenvalue weighted by atomic mass is 16.5. The van der Waals surface area contributed by atoms with Gasteiger partial charge in [0.1, 0.15) is 0 Å². The van der Waals surface area contributed by atoms with Gasteiger partial charge in [-0.05, 0) is 12.5 Å². The van der Waals surface area contributed by atoms with Gasteiger partial charge in [0, 0.05) is 0 Å². The highest BCUT2D eigenvalue weighted by Crippen LogP contribution is 2.04. The van der Waals surface area contributed by atoms with Crippen LogP contribution >= 0.6 is 0 Å². The molecule has 0 radical (unpaired) electrons. The van der Waals surface area contributed by atoms with Crippen molar-refractivity contribution in [3.63, 3.8) is 0 Å².